The van der Waals surface area contributed by atoms with Gasteiger partial charge in [0.25, 0.3) is 0 Å². The lowest BCUT2D eigenvalue weighted by atomic mass is 10.2. The molecule has 78 valence electrons. The summed E-state index contributed by atoms with van der Waals surface area (Å²) in [6, 6.07) is 8.01. The zero-order valence-corrected chi connectivity index (χ0v) is 8.57. The van der Waals surface area contributed by atoms with Gasteiger partial charge in [0.05, 0.1) is 11.0 Å². The SMILES string of the molecule is O=CCCCCc1nc2ccccc2[nH]1. The van der Waals surface area contributed by atoms with E-state index in [-0.39, 0.29) is 0 Å². The van der Waals surface area contributed by atoms with Crippen molar-refractivity contribution in [3.63, 3.8) is 0 Å². The van der Waals surface area contributed by atoms with E-state index >= 15 is 0 Å². The summed E-state index contributed by atoms with van der Waals surface area (Å²) in [5.41, 5.74) is 2.10. The fourth-order valence-electron chi connectivity index (χ4n) is 1.64. The molecular formula is C12H14N2O. The van der Waals surface area contributed by atoms with Gasteiger partial charge in [-0.3, -0.25) is 0 Å². The largest absolute Gasteiger partial charge is 0.342 e. The summed E-state index contributed by atoms with van der Waals surface area (Å²) in [5, 5.41) is 0. The molecule has 0 saturated carbocycles. The molecule has 0 bridgehead atoms. The number of aromatic nitrogens is 2. The third kappa shape index (κ3) is 2.43. The molecule has 0 radical (unpaired) electrons. The van der Waals surface area contributed by atoms with E-state index in [2.05, 4.69) is 9.97 Å². The first-order chi connectivity index (χ1) is 7.40. The Morgan fingerprint density at radius 1 is 1.27 bits per heavy atom. The quantitative estimate of drug-likeness (QED) is 0.598. The number of carbonyl (C=O) groups excluding carboxylic acids is 1. The number of para-hydroxylation sites is 2. The Hall–Kier alpha value is -1.64. The van der Waals surface area contributed by atoms with Crippen LogP contribution >= 0.6 is 0 Å². The number of nitrogens with one attached hydrogen (secondary N) is 1. The summed E-state index contributed by atoms with van der Waals surface area (Å²) < 4.78 is 0. The number of aromatic amines is 1. The van der Waals surface area contributed by atoms with Gasteiger partial charge in [0.1, 0.15) is 12.1 Å². The number of aldehydes is 1. The molecule has 15 heavy (non-hydrogen) atoms. The molecule has 0 aliphatic heterocycles. The molecule has 2 rings (SSSR count). The zero-order chi connectivity index (χ0) is 10.5. The van der Waals surface area contributed by atoms with Gasteiger partial charge in [-0.25, -0.2) is 4.98 Å². The highest BCUT2D eigenvalue weighted by atomic mass is 16.1. The number of benzene rings is 1. The number of rotatable bonds is 5. The van der Waals surface area contributed by atoms with Crippen LogP contribution in [-0.2, 0) is 11.2 Å². The third-order valence-electron chi connectivity index (χ3n) is 2.42. The Bertz CT molecular complexity index is 415. The lowest BCUT2D eigenvalue weighted by Crippen LogP contribution is -1.88. The Morgan fingerprint density at radius 3 is 2.93 bits per heavy atom. The lowest BCUT2D eigenvalue weighted by Gasteiger charge is -1.93. The highest BCUT2D eigenvalue weighted by molar-refractivity contribution is 5.74. The van der Waals surface area contributed by atoms with Gasteiger partial charge in [0, 0.05) is 12.8 Å². The standard InChI is InChI=1S/C12H14N2O/c15-9-5-1-2-8-12-13-10-6-3-4-7-11(10)14-12/h3-4,6-7,9H,1-2,5,8H2,(H,13,14). The maximum atomic E-state index is 10.1. The van der Waals surface area contributed by atoms with Gasteiger partial charge >= 0.3 is 0 Å². The molecular weight excluding hydrogens is 188 g/mol. The van der Waals surface area contributed by atoms with Crippen molar-refractivity contribution in [3.8, 4) is 0 Å². The average molecular weight is 202 g/mol. The summed E-state index contributed by atoms with van der Waals surface area (Å²) in [4.78, 5) is 17.9. The third-order valence-corrected chi connectivity index (χ3v) is 2.42. The normalized spacial score (nSPS) is 10.7. The average Bonchev–Trinajstić information content (AvgIpc) is 2.67. The van der Waals surface area contributed by atoms with E-state index in [1.54, 1.807) is 0 Å². The first-order valence-corrected chi connectivity index (χ1v) is 5.27. The van der Waals surface area contributed by atoms with E-state index in [1.807, 2.05) is 24.3 Å². The van der Waals surface area contributed by atoms with Crippen LogP contribution in [0.2, 0.25) is 0 Å². The molecule has 0 atom stereocenters. The Labute approximate surface area is 88.5 Å². The summed E-state index contributed by atoms with van der Waals surface area (Å²) in [5.74, 6) is 1.02. The molecule has 2 aromatic rings. The van der Waals surface area contributed by atoms with Crippen LogP contribution in [0.4, 0.5) is 0 Å². The summed E-state index contributed by atoms with van der Waals surface area (Å²) >= 11 is 0. The van der Waals surface area contributed by atoms with Crippen molar-refractivity contribution in [2.45, 2.75) is 25.7 Å². The van der Waals surface area contributed by atoms with Gasteiger partial charge in [0.2, 0.25) is 0 Å². The predicted octanol–water partition coefficient (Wildman–Crippen LogP) is 2.47. The topological polar surface area (TPSA) is 45.8 Å². The number of carbonyl (C=O) groups is 1. The number of hydrogen-bond acceptors (Lipinski definition) is 2. The van der Waals surface area contributed by atoms with Crippen LogP contribution in [0.25, 0.3) is 11.0 Å². The monoisotopic (exact) mass is 202 g/mol. The highest BCUT2D eigenvalue weighted by Crippen LogP contribution is 2.11. The van der Waals surface area contributed by atoms with Crippen molar-refractivity contribution < 1.29 is 4.79 Å². The molecule has 0 aliphatic rings. The Kier molecular flexibility index (Phi) is 3.12. The van der Waals surface area contributed by atoms with Crippen molar-refractivity contribution in [2.75, 3.05) is 0 Å². The second kappa shape index (κ2) is 4.73. The molecule has 0 saturated heterocycles. The summed E-state index contributed by atoms with van der Waals surface area (Å²) in [6.45, 7) is 0. The molecule has 1 N–H and O–H groups in total. The smallest absolute Gasteiger partial charge is 0.119 e. The van der Waals surface area contributed by atoms with Crippen molar-refractivity contribution >= 4 is 17.3 Å². The van der Waals surface area contributed by atoms with E-state index in [0.717, 1.165) is 42.4 Å². The minimum atomic E-state index is 0.653. The minimum Gasteiger partial charge on any atom is -0.342 e. The second-order valence-electron chi connectivity index (χ2n) is 3.61. The van der Waals surface area contributed by atoms with Gasteiger partial charge in [0.15, 0.2) is 0 Å². The molecule has 0 amide bonds. The van der Waals surface area contributed by atoms with Gasteiger partial charge in [-0.15, -0.1) is 0 Å². The van der Waals surface area contributed by atoms with E-state index in [1.165, 1.54) is 0 Å². The number of hydrogen-bond donors (Lipinski definition) is 1. The maximum Gasteiger partial charge on any atom is 0.119 e. The minimum absolute atomic E-state index is 0.653. The summed E-state index contributed by atoms with van der Waals surface area (Å²) in [6.07, 6.45) is 4.50. The van der Waals surface area contributed by atoms with E-state index < -0.39 is 0 Å². The molecule has 1 aromatic carbocycles. The van der Waals surface area contributed by atoms with Crippen LogP contribution in [0.1, 0.15) is 25.1 Å². The van der Waals surface area contributed by atoms with E-state index in [4.69, 9.17) is 0 Å². The number of fused-ring (bicyclic) bond motifs is 1. The Balaban J connectivity index is 1.99. The second-order valence-corrected chi connectivity index (χ2v) is 3.61. The van der Waals surface area contributed by atoms with Crippen LogP contribution in [0.3, 0.4) is 0 Å². The Morgan fingerprint density at radius 2 is 2.13 bits per heavy atom. The molecule has 1 heterocycles. The number of imidazole rings is 1. The number of H-pyrrole nitrogens is 1. The van der Waals surface area contributed by atoms with Crippen molar-refractivity contribution in [3.05, 3.63) is 30.1 Å². The molecule has 0 fully saturated rings. The first kappa shape index (κ1) is 9.90. The van der Waals surface area contributed by atoms with Crippen LogP contribution in [-0.4, -0.2) is 16.3 Å². The molecule has 3 heteroatoms. The van der Waals surface area contributed by atoms with Crippen molar-refractivity contribution in [2.24, 2.45) is 0 Å². The molecule has 0 unspecified atom stereocenters. The molecule has 0 aliphatic carbocycles. The van der Waals surface area contributed by atoms with Crippen molar-refractivity contribution in [1.29, 1.82) is 0 Å². The maximum absolute atomic E-state index is 10.1. The molecule has 3 nitrogen and oxygen atoms in total. The van der Waals surface area contributed by atoms with Gasteiger partial charge in [-0.1, -0.05) is 12.1 Å². The molecule has 1 aromatic heterocycles. The number of aryl methyl sites for hydroxylation is 1. The first-order valence-electron chi connectivity index (χ1n) is 5.27. The number of nitrogens with zero attached hydrogens (tertiary/aromatic N) is 1. The fraction of sp³-hybridized carbons (Fsp3) is 0.333. The van der Waals surface area contributed by atoms with E-state index in [0.29, 0.717) is 6.42 Å². The van der Waals surface area contributed by atoms with E-state index in [9.17, 15) is 4.79 Å². The zero-order valence-electron chi connectivity index (χ0n) is 8.57. The van der Waals surface area contributed by atoms with Crippen LogP contribution < -0.4 is 0 Å². The predicted molar refractivity (Wildman–Crippen MR) is 59.7 cm³/mol. The summed E-state index contributed by atoms with van der Waals surface area (Å²) in [7, 11) is 0. The lowest BCUT2D eigenvalue weighted by molar-refractivity contribution is -0.107. The highest BCUT2D eigenvalue weighted by Gasteiger charge is 2.00. The number of unbranched alkanes of at least 4 members (excludes halogenated alkanes) is 2. The van der Waals surface area contributed by atoms with Gasteiger partial charge in [-0.05, 0) is 25.0 Å². The fourth-order valence-corrected chi connectivity index (χ4v) is 1.64. The molecule has 0 spiro atoms. The van der Waals surface area contributed by atoms with Gasteiger partial charge < -0.3 is 9.78 Å². The van der Waals surface area contributed by atoms with Gasteiger partial charge in [-0.2, -0.15) is 0 Å². The van der Waals surface area contributed by atoms with Crippen LogP contribution in [0.15, 0.2) is 24.3 Å². The van der Waals surface area contributed by atoms with Crippen molar-refractivity contribution in [1.82, 2.24) is 9.97 Å². The van der Waals surface area contributed by atoms with Crippen LogP contribution in [0, 0.1) is 0 Å². The van der Waals surface area contributed by atoms with Crippen LogP contribution in [0.5, 0.6) is 0 Å².